The fourth-order valence-electron chi connectivity index (χ4n) is 2.41. The second-order valence-corrected chi connectivity index (χ2v) is 6.94. The Kier molecular flexibility index (Phi) is 5.27. The molecule has 114 valence electrons. The normalized spacial score (nSPS) is 19.1. The molecule has 1 heterocycles. The standard InChI is InChI=1S/C15H18BrClN2O2/c1-9(2)5-13-15(21)18-7-14(20)19(13)8-10-3-4-11(16)6-12(10)17/h3-4,6,9,13H,5,7-8H2,1-2H3,(H,18,21). The van der Waals surface area contributed by atoms with Gasteiger partial charge in [-0.1, -0.05) is 47.4 Å². The number of hydrogen-bond donors (Lipinski definition) is 1. The zero-order chi connectivity index (χ0) is 15.6. The van der Waals surface area contributed by atoms with Gasteiger partial charge in [0.15, 0.2) is 0 Å². The fraction of sp³-hybridized carbons (Fsp3) is 0.467. The zero-order valence-electron chi connectivity index (χ0n) is 12.0. The Morgan fingerprint density at radius 3 is 2.76 bits per heavy atom. The maximum Gasteiger partial charge on any atom is 0.243 e. The van der Waals surface area contributed by atoms with Gasteiger partial charge in [0.2, 0.25) is 11.8 Å². The van der Waals surface area contributed by atoms with Crippen molar-refractivity contribution in [1.82, 2.24) is 10.2 Å². The molecule has 0 bridgehead atoms. The highest BCUT2D eigenvalue weighted by atomic mass is 79.9. The predicted molar refractivity (Wildman–Crippen MR) is 86.0 cm³/mol. The number of rotatable bonds is 4. The summed E-state index contributed by atoms with van der Waals surface area (Å²) in [6.45, 7) is 4.49. The predicted octanol–water partition coefficient (Wildman–Crippen LogP) is 2.98. The van der Waals surface area contributed by atoms with E-state index in [4.69, 9.17) is 11.6 Å². The van der Waals surface area contributed by atoms with E-state index in [1.54, 1.807) is 11.0 Å². The van der Waals surface area contributed by atoms with Crippen molar-refractivity contribution in [2.24, 2.45) is 5.92 Å². The lowest BCUT2D eigenvalue weighted by Crippen LogP contribution is -2.58. The number of benzene rings is 1. The van der Waals surface area contributed by atoms with Crippen molar-refractivity contribution in [2.45, 2.75) is 32.9 Å². The molecule has 0 radical (unpaired) electrons. The van der Waals surface area contributed by atoms with Gasteiger partial charge >= 0.3 is 0 Å². The molecule has 1 fully saturated rings. The Morgan fingerprint density at radius 2 is 2.14 bits per heavy atom. The maximum atomic E-state index is 12.2. The van der Waals surface area contributed by atoms with Crippen LogP contribution in [0.25, 0.3) is 0 Å². The van der Waals surface area contributed by atoms with Crippen molar-refractivity contribution in [3.8, 4) is 0 Å². The van der Waals surface area contributed by atoms with Crippen molar-refractivity contribution in [3.05, 3.63) is 33.3 Å². The highest BCUT2D eigenvalue weighted by Gasteiger charge is 2.34. The van der Waals surface area contributed by atoms with Crippen LogP contribution in [0.2, 0.25) is 5.02 Å². The molecule has 0 spiro atoms. The van der Waals surface area contributed by atoms with E-state index in [2.05, 4.69) is 21.2 Å². The molecule has 2 rings (SSSR count). The van der Waals surface area contributed by atoms with E-state index in [1.165, 1.54) is 0 Å². The summed E-state index contributed by atoms with van der Waals surface area (Å²) >= 11 is 9.58. The first-order valence-electron chi connectivity index (χ1n) is 6.89. The van der Waals surface area contributed by atoms with E-state index >= 15 is 0 Å². The summed E-state index contributed by atoms with van der Waals surface area (Å²) in [4.78, 5) is 25.9. The van der Waals surface area contributed by atoms with E-state index < -0.39 is 6.04 Å². The van der Waals surface area contributed by atoms with Gasteiger partial charge < -0.3 is 10.2 Å². The van der Waals surface area contributed by atoms with Gasteiger partial charge in [-0.05, 0) is 30.0 Å². The second kappa shape index (κ2) is 6.79. The molecule has 1 aromatic rings. The molecule has 0 saturated carbocycles. The molecule has 21 heavy (non-hydrogen) atoms. The number of nitrogens with zero attached hydrogens (tertiary/aromatic N) is 1. The van der Waals surface area contributed by atoms with Gasteiger partial charge in [-0.3, -0.25) is 9.59 Å². The number of halogens is 2. The largest absolute Gasteiger partial charge is 0.345 e. The minimum Gasteiger partial charge on any atom is -0.345 e. The highest BCUT2D eigenvalue weighted by Crippen LogP contribution is 2.25. The maximum absolute atomic E-state index is 12.2. The zero-order valence-corrected chi connectivity index (χ0v) is 14.4. The third kappa shape index (κ3) is 3.98. The molecule has 0 aromatic heterocycles. The summed E-state index contributed by atoms with van der Waals surface area (Å²) in [6, 6.07) is 5.13. The van der Waals surface area contributed by atoms with Crippen LogP contribution in [0.5, 0.6) is 0 Å². The third-order valence-corrected chi connectivity index (χ3v) is 4.31. The Hall–Kier alpha value is -1.07. The van der Waals surface area contributed by atoms with Gasteiger partial charge in [-0.2, -0.15) is 0 Å². The van der Waals surface area contributed by atoms with Crippen LogP contribution in [0.1, 0.15) is 25.8 Å². The van der Waals surface area contributed by atoms with Crippen molar-refractivity contribution in [3.63, 3.8) is 0 Å². The minimum atomic E-state index is -0.425. The number of amides is 2. The average molecular weight is 374 g/mol. The smallest absolute Gasteiger partial charge is 0.243 e. The summed E-state index contributed by atoms with van der Waals surface area (Å²) in [7, 11) is 0. The monoisotopic (exact) mass is 372 g/mol. The Bertz CT molecular complexity index is 563. The topological polar surface area (TPSA) is 49.4 Å². The molecule has 1 atom stereocenters. The first-order chi connectivity index (χ1) is 9.88. The fourth-order valence-corrected chi connectivity index (χ4v) is 3.14. The lowest BCUT2D eigenvalue weighted by Gasteiger charge is -2.36. The average Bonchev–Trinajstić information content (AvgIpc) is 2.40. The van der Waals surface area contributed by atoms with E-state index in [1.807, 2.05) is 26.0 Å². The molecule has 1 aromatic carbocycles. The van der Waals surface area contributed by atoms with Crippen LogP contribution in [0.3, 0.4) is 0 Å². The molecule has 4 nitrogen and oxygen atoms in total. The summed E-state index contributed by atoms with van der Waals surface area (Å²) in [6.07, 6.45) is 0.645. The van der Waals surface area contributed by atoms with Crippen LogP contribution in [0, 0.1) is 5.92 Å². The van der Waals surface area contributed by atoms with Gasteiger partial charge in [-0.25, -0.2) is 0 Å². The molecule has 1 saturated heterocycles. The van der Waals surface area contributed by atoms with Gasteiger partial charge in [0.25, 0.3) is 0 Å². The Morgan fingerprint density at radius 1 is 1.43 bits per heavy atom. The van der Waals surface area contributed by atoms with Crippen molar-refractivity contribution in [1.29, 1.82) is 0 Å². The lowest BCUT2D eigenvalue weighted by atomic mass is 9.99. The molecule has 1 unspecified atom stereocenters. The molecular formula is C15H18BrClN2O2. The summed E-state index contributed by atoms with van der Waals surface area (Å²) in [5.41, 5.74) is 0.844. The van der Waals surface area contributed by atoms with Crippen LogP contribution in [-0.2, 0) is 16.1 Å². The Balaban J connectivity index is 2.24. The number of nitrogens with one attached hydrogen (secondary N) is 1. The first kappa shape index (κ1) is 16.3. The van der Waals surface area contributed by atoms with Crippen molar-refractivity contribution < 1.29 is 9.59 Å². The van der Waals surface area contributed by atoms with Gasteiger partial charge in [0.1, 0.15) is 6.04 Å². The number of piperazine rings is 1. The minimum absolute atomic E-state index is 0.0571. The molecule has 6 heteroatoms. The number of hydrogen-bond acceptors (Lipinski definition) is 2. The van der Waals surface area contributed by atoms with E-state index in [9.17, 15) is 9.59 Å². The summed E-state index contributed by atoms with van der Waals surface area (Å²) in [5, 5.41) is 3.25. The molecular weight excluding hydrogens is 356 g/mol. The second-order valence-electron chi connectivity index (χ2n) is 5.62. The van der Waals surface area contributed by atoms with Gasteiger partial charge in [-0.15, -0.1) is 0 Å². The Labute approximate surface area is 138 Å². The molecule has 0 aliphatic carbocycles. The summed E-state index contributed by atoms with van der Waals surface area (Å²) < 4.78 is 0.887. The molecule has 1 aliphatic rings. The van der Waals surface area contributed by atoms with E-state index in [-0.39, 0.29) is 18.4 Å². The van der Waals surface area contributed by atoms with Crippen molar-refractivity contribution >= 4 is 39.3 Å². The van der Waals surface area contributed by atoms with Crippen LogP contribution in [0.4, 0.5) is 0 Å². The highest BCUT2D eigenvalue weighted by molar-refractivity contribution is 9.10. The van der Waals surface area contributed by atoms with Crippen LogP contribution in [-0.4, -0.2) is 29.3 Å². The van der Waals surface area contributed by atoms with E-state index in [0.717, 1.165) is 10.0 Å². The van der Waals surface area contributed by atoms with Gasteiger partial charge in [0, 0.05) is 16.0 Å². The first-order valence-corrected chi connectivity index (χ1v) is 8.06. The van der Waals surface area contributed by atoms with Crippen LogP contribution < -0.4 is 5.32 Å². The number of carbonyl (C=O) groups excluding carboxylic acids is 2. The number of carbonyl (C=O) groups is 2. The third-order valence-electron chi connectivity index (χ3n) is 3.46. The van der Waals surface area contributed by atoms with E-state index in [0.29, 0.717) is 23.9 Å². The van der Waals surface area contributed by atoms with Crippen LogP contribution >= 0.6 is 27.5 Å². The van der Waals surface area contributed by atoms with Gasteiger partial charge in [0.05, 0.1) is 6.54 Å². The van der Waals surface area contributed by atoms with Crippen molar-refractivity contribution in [2.75, 3.05) is 6.54 Å². The SMILES string of the molecule is CC(C)CC1C(=O)NCC(=O)N1Cc1ccc(Br)cc1Cl. The lowest BCUT2D eigenvalue weighted by molar-refractivity contribution is -0.146. The molecule has 2 amide bonds. The molecule has 1 aliphatic heterocycles. The molecule has 1 N–H and O–H groups in total. The summed E-state index contributed by atoms with van der Waals surface area (Å²) in [5.74, 6) is 0.172. The quantitative estimate of drug-likeness (QED) is 0.882. The van der Waals surface area contributed by atoms with Crippen LogP contribution in [0.15, 0.2) is 22.7 Å².